The Kier molecular flexibility index (Phi) is 14.3. The van der Waals surface area contributed by atoms with Crippen LogP contribution in [0.5, 0.6) is 0 Å². The number of aliphatic imine (C=N–C) groups is 1. The minimum Gasteiger partial charge on any atom is -0.481 e. The SMILES string of the molecule is NC(=O)CC(NC(=O)C(CC(=O)O)NC(=O)C(CCC(=O)O)NC(=O)C(N)CCCN=C(N)N)C(=O)O. The maximum Gasteiger partial charge on any atom is 0.326 e. The molecule has 0 aromatic carbocycles. The van der Waals surface area contributed by atoms with Crippen LogP contribution in [0.25, 0.3) is 0 Å². The normalized spacial score (nSPS) is 13.6. The van der Waals surface area contributed by atoms with Gasteiger partial charge in [0, 0.05) is 13.0 Å². The molecule has 37 heavy (non-hydrogen) atoms. The van der Waals surface area contributed by atoms with Gasteiger partial charge in [-0.25, -0.2) is 4.79 Å². The number of carboxylic acid groups (broad SMARTS) is 3. The Morgan fingerprint density at radius 3 is 1.73 bits per heavy atom. The monoisotopic (exact) mass is 532 g/mol. The molecule has 0 aliphatic carbocycles. The average molecular weight is 533 g/mol. The summed E-state index contributed by atoms with van der Waals surface area (Å²) in [4.78, 5) is 85.9. The summed E-state index contributed by atoms with van der Waals surface area (Å²) in [6, 6.07) is -6.34. The highest BCUT2D eigenvalue weighted by Gasteiger charge is 2.32. The van der Waals surface area contributed by atoms with Gasteiger partial charge >= 0.3 is 17.9 Å². The summed E-state index contributed by atoms with van der Waals surface area (Å²) >= 11 is 0. The lowest BCUT2D eigenvalue weighted by Gasteiger charge is -2.24. The van der Waals surface area contributed by atoms with Crippen molar-refractivity contribution in [2.75, 3.05) is 6.54 Å². The van der Waals surface area contributed by atoms with Gasteiger partial charge in [0.25, 0.3) is 0 Å². The molecule has 0 bridgehead atoms. The number of carboxylic acids is 3. The van der Waals surface area contributed by atoms with E-state index in [1.807, 2.05) is 10.6 Å². The Balaban J connectivity index is 5.52. The number of guanidine groups is 1. The number of hydrogen-bond donors (Lipinski definition) is 10. The fraction of sp³-hybridized carbons (Fsp3) is 0.579. The van der Waals surface area contributed by atoms with Crippen molar-refractivity contribution in [1.29, 1.82) is 0 Å². The lowest BCUT2D eigenvalue weighted by Crippen LogP contribution is -2.57. The number of primary amides is 1. The van der Waals surface area contributed by atoms with E-state index in [1.54, 1.807) is 0 Å². The zero-order valence-corrected chi connectivity index (χ0v) is 19.7. The minimum atomic E-state index is -1.85. The van der Waals surface area contributed by atoms with E-state index in [0.29, 0.717) is 6.42 Å². The van der Waals surface area contributed by atoms with E-state index in [4.69, 9.17) is 38.3 Å². The predicted octanol–water partition coefficient (Wildman–Crippen LogP) is -4.88. The third-order valence-corrected chi connectivity index (χ3v) is 4.62. The van der Waals surface area contributed by atoms with Gasteiger partial charge < -0.3 is 54.2 Å². The van der Waals surface area contributed by atoms with Crippen LogP contribution in [0.1, 0.15) is 38.5 Å². The summed E-state index contributed by atoms with van der Waals surface area (Å²) in [6.45, 7) is 0.172. The second-order valence-corrected chi connectivity index (χ2v) is 7.78. The second kappa shape index (κ2) is 16.2. The number of carbonyl (C=O) groups is 7. The first-order valence-corrected chi connectivity index (χ1v) is 10.8. The molecule has 0 saturated heterocycles. The van der Waals surface area contributed by atoms with Gasteiger partial charge in [0.1, 0.15) is 18.1 Å². The maximum atomic E-state index is 12.8. The quantitative estimate of drug-likeness (QED) is 0.0450. The first kappa shape index (κ1) is 32.5. The largest absolute Gasteiger partial charge is 0.481 e. The molecule has 0 aliphatic rings. The number of aliphatic carboxylic acids is 3. The van der Waals surface area contributed by atoms with Crippen molar-refractivity contribution in [2.45, 2.75) is 62.7 Å². The standard InChI is InChI=1S/C19H32N8O10/c20-8(2-1-5-24-19(22)23)15(33)25-9(3-4-13(29)30)16(34)26-10(7-14(31)32)17(35)27-11(18(36)37)6-12(21)28/h8-11H,1-7,20H2,(H2,21,28)(H,25,33)(H,26,34)(H,27,35)(H,29,30)(H,31,32)(H,36,37)(H4,22,23,24). The summed E-state index contributed by atoms with van der Waals surface area (Å²) in [5, 5.41) is 33.4. The molecule has 0 aromatic rings. The Labute approximate surface area is 210 Å². The number of nitrogens with zero attached hydrogens (tertiary/aromatic N) is 1. The van der Waals surface area contributed by atoms with E-state index in [0.717, 1.165) is 0 Å². The summed E-state index contributed by atoms with van der Waals surface area (Å²) in [5.41, 5.74) is 21.1. The molecule has 208 valence electrons. The smallest absolute Gasteiger partial charge is 0.326 e. The summed E-state index contributed by atoms with van der Waals surface area (Å²) in [6.07, 6.45) is -2.47. The van der Waals surface area contributed by atoms with Crippen LogP contribution in [0.15, 0.2) is 4.99 Å². The van der Waals surface area contributed by atoms with E-state index >= 15 is 0 Å². The van der Waals surface area contributed by atoms with Gasteiger partial charge in [-0.05, 0) is 19.3 Å². The summed E-state index contributed by atoms with van der Waals surface area (Å²) in [5.74, 6) is -9.00. The molecule has 4 unspecified atom stereocenters. The molecule has 0 saturated carbocycles. The molecule has 18 heteroatoms. The van der Waals surface area contributed by atoms with Gasteiger partial charge in [-0.2, -0.15) is 0 Å². The van der Waals surface area contributed by atoms with Crippen molar-refractivity contribution in [3.8, 4) is 0 Å². The third kappa shape index (κ3) is 14.5. The van der Waals surface area contributed by atoms with E-state index in [-0.39, 0.29) is 18.9 Å². The van der Waals surface area contributed by atoms with Crippen molar-refractivity contribution in [3.05, 3.63) is 0 Å². The van der Waals surface area contributed by atoms with Crippen molar-refractivity contribution in [2.24, 2.45) is 27.9 Å². The number of carbonyl (C=O) groups excluding carboxylic acids is 4. The minimum absolute atomic E-state index is 0.0936. The predicted molar refractivity (Wildman–Crippen MR) is 124 cm³/mol. The average Bonchev–Trinajstić information content (AvgIpc) is 2.76. The number of rotatable bonds is 18. The molecule has 18 nitrogen and oxygen atoms in total. The van der Waals surface area contributed by atoms with Crippen molar-refractivity contribution >= 4 is 47.5 Å². The van der Waals surface area contributed by atoms with Crippen molar-refractivity contribution in [3.63, 3.8) is 0 Å². The Hall–Kier alpha value is -4.48. The van der Waals surface area contributed by atoms with E-state index in [1.165, 1.54) is 0 Å². The lowest BCUT2D eigenvalue weighted by molar-refractivity contribution is -0.144. The number of amides is 4. The molecule has 0 heterocycles. The highest BCUT2D eigenvalue weighted by Crippen LogP contribution is 2.04. The molecular formula is C19H32N8O10. The molecule has 14 N–H and O–H groups in total. The van der Waals surface area contributed by atoms with Crippen LogP contribution in [-0.4, -0.2) is 93.5 Å². The van der Waals surface area contributed by atoms with Crippen LogP contribution in [-0.2, 0) is 33.6 Å². The number of nitrogens with one attached hydrogen (secondary N) is 3. The van der Waals surface area contributed by atoms with Crippen molar-refractivity contribution in [1.82, 2.24) is 16.0 Å². The number of nitrogens with two attached hydrogens (primary N) is 4. The molecule has 0 fully saturated rings. The van der Waals surface area contributed by atoms with Crippen LogP contribution >= 0.6 is 0 Å². The summed E-state index contributed by atoms with van der Waals surface area (Å²) in [7, 11) is 0. The van der Waals surface area contributed by atoms with Crippen LogP contribution in [0, 0.1) is 0 Å². The second-order valence-electron chi connectivity index (χ2n) is 7.78. The van der Waals surface area contributed by atoms with Gasteiger partial charge in [-0.1, -0.05) is 0 Å². The lowest BCUT2D eigenvalue weighted by atomic mass is 10.1. The fourth-order valence-electron chi connectivity index (χ4n) is 2.80. The maximum absolute atomic E-state index is 12.8. The molecule has 0 spiro atoms. The van der Waals surface area contributed by atoms with Gasteiger partial charge in [-0.3, -0.25) is 33.8 Å². The van der Waals surface area contributed by atoms with E-state index in [2.05, 4.69) is 10.3 Å². The fourth-order valence-corrected chi connectivity index (χ4v) is 2.80. The third-order valence-electron chi connectivity index (χ3n) is 4.62. The van der Waals surface area contributed by atoms with E-state index < -0.39 is 91.4 Å². The van der Waals surface area contributed by atoms with Gasteiger partial charge in [0.15, 0.2) is 5.96 Å². The van der Waals surface area contributed by atoms with Crippen LogP contribution in [0.2, 0.25) is 0 Å². The van der Waals surface area contributed by atoms with Gasteiger partial charge in [0.2, 0.25) is 23.6 Å². The first-order chi connectivity index (χ1) is 17.1. The highest BCUT2D eigenvalue weighted by atomic mass is 16.4. The molecule has 0 rings (SSSR count). The molecule has 0 radical (unpaired) electrons. The highest BCUT2D eigenvalue weighted by molar-refractivity contribution is 5.96. The van der Waals surface area contributed by atoms with Crippen LogP contribution in [0.3, 0.4) is 0 Å². The molecule has 0 aromatic heterocycles. The topological polar surface area (TPSA) is 333 Å². The van der Waals surface area contributed by atoms with Gasteiger partial charge in [-0.15, -0.1) is 0 Å². The molecular weight excluding hydrogens is 500 g/mol. The van der Waals surface area contributed by atoms with Gasteiger partial charge in [0.05, 0.1) is 18.9 Å². The van der Waals surface area contributed by atoms with Crippen LogP contribution < -0.4 is 38.9 Å². The summed E-state index contributed by atoms with van der Waals surface area (Å²) < 4.78 is 0. The Morgan fingerprint density at radius 1 is 0.703 bits per heavy atom. The zero-order valence-electron chi connectivity index (χ0n) is 19.7. The van der Waals surface area contributed by atoms with Crippen molar-refractivity contribution < 1.29 is 48.9 Å². The van der Waals surface area contributed by atoms with Crippen LogP contribution in [0.4, 0.5) is 0 Å². The first-order valence-electron chi connectivity index (χ1n) is 10.8. The Morgan fingerprint density at radius 2 is 1.24 bits per heavy atom. The zero-order chi connectivity index (χ0) is 28.7. The molecule has 4 amide bonds. The number of hydrogen-bond acceptors (Lipinski definition) is 9. The van der Waals surface area contributed by atoms with E-state index in [9.17, 15) is 33.6 Å². The molecule has 4 atom stereocenters. The Bertz CT molecular complexity index is 905. The molecule has 0 aliphatic heterocycles.